The minimum atomic E-state index is 0.558. The van der Waals surface area contributed by atoms with Gasteiger partial charge in [0.1, 0.15) is 6.10 Å². The first kappa shape index (κ1) is 13.2. The van der Waals surface area contributed by atoms with Crippen molar-refractivity contribution in [1.82, 2.24) is 0 Å². The molecule has 2 fully saturated rings. The molecule has 2 aliphatic rings. The first-order valence-corrected chi connectivity index (χ1v) is 7.73. The van der Waals surface area contributed by atoms with Crippen LogP contribution in [0.5, 0.6) is 0 Å². The molecule has 0 amide bonds. The summed E-state index contributed by atoms with van der Waals surface area (Å²) in [4.78, 5) is 0. The van der Waals surface area contributed by atoms with Crippen LogP contribution in [0.4, 0.5) is 0 Å². The van der Waals surface area contributed by atoms with Crippen molar-refractivity contribution >= 4 is 0 Å². The monoisotopic (exact) mass is 256 g/mol. The van der Waals surface area contributed by atoms with Gasteiger partial charge in [0.15, 0.2) is 0 Å². The molecule has 2 bridgehead atoms. The van der Waals surface area contributed by atoms with E-state index >= 15 is 0 Å². The molecule has 19 heavy (non-hydrogen) atoms. The zero-order valence-corrected chi connectivity index (χ0v) is 11.7. The first-order chi connectivity index (χ1) is 9.36. The molecule has 1 heteroatoms. The van der Waals surface area contributed by atoms with Gasteiger partial charge in [-0.05, 0) is 55.9 Å². The van der Waals surface area contributed by atoms with Crippen molar-refractivity contribution in [2.24, 2.45) is 5.92 Å². The molecule has 1 aromatic rings. The Morgan fingerprint density at radius 1 is 1.16 bits per heavy atom. The number of fused-ring (bicyclic) bond motifs is 2. The van der Waals surface area contributed by atoms with Crippen LogP contribution < -0.4 is 0 Å². The molecular weight excluding hydrogens is 232 g/mol. The smallest absolute Gasteiger partial charge is 0.101 e. The second-order valence-electron chi connectivity index (χ2n) is 6.00. The van der Waals surface area contributed by atoms with Crippen molar-refractivity contribution in [1.29, 1.82) is 0 Å². The third-order valence-electron chi connectivity index (χ3n) is 4.72. The lowest BCUT2D eigenvalue weighted by Gasteiger charge is -2.24. The van der Waals surface area contributed by atoms with E-state index in [1.54, 1.807) is 0 Å². The van der Waals surface area contributed by atoms with Gasteiger partial charge in [0.2, 0.25) is 0 Å². The van der Waals surface area contributed by atoms with Gasteiger partial charge in [-0.25, -0.2) is 0 Å². The van der Waals surface area contributed by atoms with E-state index in [1.807, 2.05) is 0 Å². The first-order valence-electron chi connectivity index (χ1n) is 7.73. The number of hydrogen-bond donors (Lipinski definition) is 0. The van der Waals surface area contributed by atoms with Crippen molar-refractivity contribution in [3.05, 3.63) is 48.9 Å². The van der Waals surface area contributed by atoms with E-state index in [1.165, 1.54) is 43.8 Å². The maximum Gasteiger partial charge on any atom is 0.101 e. The van der Waals surface area contributed by atoms with Crippen molar-refractivity contribution in [2.45, 2.75) is 57.0 Å². The van der Waals surface area contributed by atoms with Gasteiger partial charge in [-0.2, -0.15) is 0 Å². The summed E-state index contributed by atoms with van der Waals surface area (Å²) >= 11 is 0. The molecule has 102 valence electrons. The molecule has 2 radical (unpaired) electrons. The summed E-state index contributed by atoms with van der Waals surface area (Å²) < 4.78 is 6.03. The molecule has 1 aliphatic heterocycles. The van der Waals surface area contributed by atoms with E-state index in [9.17, 15) is 0 Å². The molecule has 1 heterocycles. The fourth-order valence-electron chi connectivity index (χ4n) is 3.68. The fourth-order valence-corrected chi connectivity index (χ4v) is 3.68. The topological polar surface area (TPSA) is 9.23 Å². The average molecular weight is 256 g/mol. The highest BCUT2D eigenvalue weighted by atomic mass is 16.5. The number of benzene rings is 1. The molecule has 0 aromatic heterocycles. The van der Waals surface area contributed by atoms with Crippen LogP contribution in [0.15, 0.2) is 30.3 Å². The highest BCUT2D eigenvalue weighted by Gasteiger charge is 2.41. The third-order valence-corrected chi connectivity index (χ3v) is 4.72. The predicted octanol–water partition coefficient (Wildman–Crippen LogP) is 4.90. The van der Waals surface area contributed by atoms with Crippen LogP contribution in [-0.4, -0.2) is 6.10 Å². The van der Waals surface area contributed by atoms with E-state index in [4.69, 9.17) is 4.74 Å². The van der Waals surface area contributed by atoms with Crippen LogP contribution in [-0.2, 0) is 4.74 Å². The van der Waals surface area contributed by atoms with Crippen molar-refractivity contribution in [3.8, 4) is 0 Å². The highest BCUT2D eigenvalue weighted by molar-refractivity contribution is 5.19. The largest absolute Gasteiger partial charge is 0.368 e. The Hall–Kier alpha value is -0.820. The number of hydrogen-bond acceptors (Lipinski definition) is 1. The maximum atomic E-state index is 6.03. The standard InChI is InChI=1S/C18H24O/c1-2-6-14(15-7-4-3-5-8-15)10-12-18-16-9-11-17(13-16)19-18/h3-5,7-8,14,16-17H,1-2,6,9-13H2. The molecular formula is C18H24O. The Morgan fingerprint density at radius 3 is 2.63 bits per heavy atom. The van der Waals surface area contributed by atoms with Crippen LogP contribution in [0.25, 0.3) is 0 Å². The average Bonchev–Trinajstić information content (AvgIpc) is 3.07. The molecule has 1 saturated carbocycles. The lowest BCUT2D eigenvalue weighted by Crippen LogP contribution is -2.14. The summed E-state index contributed by atoms with van der Waals surface area (Å²) in [6.45, 7) is 4.03. The van der Waals surface area contributed by atoms with E-state index in [0.717, 1.165) is 18.8 Å². The van der Waals surface area contributed by atoms with Gasteiger partial charge in [0.25, 0.3) is 0 Å². The van der Waals surface area contributed by atoms with Crippen LogP contribution in [0, 0.1) is 18.9 Å². The molecule has 1 aromatic carbocycles. The molecule has 1 saturated heterocycles. The van der Waals surface area contributed by atoms with Gasteiger partial charge in [-0.1, -0.05) is 43.7 Å². The quantitative estimate of drug-likeness (QED) is 0.703. The zero-order valence-electron chi connectivity index (χ0n) is 11.7. The summed E-state index contributed by atoms with van der Waals surface area (Å²) in [5.74, 6) is 1.43. The molecule has 3 unspecified atom stereocenters. The number of ether oxygens (including phenoxy) is 1. The molecule has 3 rings (SSSR count). The SMILES string of the molecule is [CH2]CCC(CC[C]1OC2CCC1C2)c1ccccc1. The van der Waals surface area contributed by atoms with E-state index in [2.05, 4.69) is 37.3 Å². The van der Waals surface area contributed by atoms with E-state index in [0.29, 0.717) is 12.0 Å². The van der Waals surface area contributed by atoms with E-state index in [-0.39, 0.29) is 0 Å². The molecule has 1 nitrogen and oxygen atoms in total. The Bertz CT molecular complexity index is 386. The van der Waals surface area contributed by atoms with Gasteiger partial charge in [0, 0.05) is 0 Å². The van der Waals surface area contributed by atoms with Gasteiger partial charge in [-0.3, -0.25) is 0 Å². The van der Waals surface area contributed by atoms with Gasteiger partial charge >= 0.3 is 0 Å². The molecule has 0 N–H and O–H groups in total. The van der Waals surface area contributed by atoms with Gasteiger partial charge < -0.3 is 4.74 Å². The van der Waals surface area contributed by atoms with Crippen LogP contribution in [0.1, 0.15) is 56.4 Å². The maximum absolute atomic E-state index is 6.03. The van der Waals surface area contributed by atoms with Crippen molar-refractivity contribution in [3.63, 3.8) is 0 Å². The van der Waals surface area contributed by atoms with Crippen LogP contribution >= 0.6 is 0 Å². The zero-order chi connectivity index (χ0) is 13.1. The number of rotatable bonds is 6. The van der Waals surface area contributed by atoms with E-state index < -0.39 is 0 Å². The summed E-state index contributed by atoms with van der Waals surface area (Å²) in [6.07, 6.45) is 10.5. The molecule has 1 aliphatic carbocycles. The van der Waals surface area contributed by atoms with Crippen LogP contribution in [0.3, 0.4) is 0 Å². The third kappa shape index (κ3) is 3.02. The minimum Gasteiger partial charge on any atom is -0.368 e. The molecule has 0 spiro atoms. The second kappa shape index (κ2) is 6.09. The normalized spacial score (nSPS) is 27.8. The Morgan fingerprint density at radius 2 is 2.00 bits per heavy atom. The van der Waals surface area contributed by atoms with Gasteiger partial charge in [-0.15, -0.1) is 0 Å². The van der Waals surface area contributed by atoms with Gasteiger partial charge in [0.05, 0.1) is 6.10 Å². The Kier molecular flexibility index (Phi) is 4.22. The predicted molar refractivity (Wildman–Crippen MR) is 78.5 cm³/mol. The van der Waals surface area contributed by atoms with Crippen LogP contribution in [0.2, 0.25) is 0 Å². The summed E-state index contributed by atoms with van der Waals surface area (Å²) in [5.41, 5.74) is 1.47. The summed E-state index contributed by atoms with van der Waals surface area (Å²) in [7, 11) is 0. The minimum absolute atomic E-state index is 0.558. The second-order valence-corrected chi connectivity index (χ2v) is 6.00. The lowest BCUT2D eigenvalue weighted by atomic mass is 9.87. The lowest BCUT2D eigenvalue weighted by molar-refractivity contribution is 0.0726. The Labute approximate surface area is 117 Å². The fraction of sp³-hybridized carbons (Fsp3) is 0.556. The summed E-state index contributed by atoms with van der Waals surface area (Å²) in [5, 5.41) is 0. The highest BCUT2D eigenvalue weighted by Crippen LogP contribution is 2.47. The Balaban J connectivity index is 1.56. The summed E-state index contributed by atoms with van der Waals surface area (Å²) in [6, 6.07) is 10.9. The molecule has 3 atom stereocenters. The van der Waals surface area contributed by atoms with Crippen molar-refractivity contribution in [2.75, 3.05) is 0 Å². The van der Waals surface area contributed by atoms with Crippen molar-refractivity contribution < 1.29 is 4.74 Å².